The summed E-state index contributed by atoms with van der Waals surface area (Å²) in [5, 5.41) is 51.9. The molecule has 8 atom stereocenters. The Balaban J connectivity index is 1.94. The number of hydrogen-bond donors (Lipinski definition) is 8. The second kappa shape index (κ2) is 11.3. The van der Waals surface area contributed by atoms with Crippen molar-refractivity contribution in [1.29, 1.82) is 0 Å². The largest absolute Gasteiger partial charge is 0.480 e. The Kier molecular flexibility index (Phi) is 9.44. The molecular formula is C18H34N4O6S. The Morgan fingerprint density at radius 2 is 1.90 bits per heavy atom. The van der Waals surface area contributed by atoms with E-state index in [4.69, 9.17) is 11.5 Å². The molecule has 0 aromatic rings. The maximum atomic E-state index is 11.6. The number of hydrogen-bond acceptors (Lipinski definition) is 8. The van der Waals surface area contributed by atoms with Gasteiger partial charge in [0.05, 0.1) is 24.1 Å². The first-order chi connectivity index (χ1) is 13.7. The molecule has 10 nitrogen and oxygen atoms in total. The van der Waals surface area contributed by atoms with Gasteiger partial charge >= 0.3 is 5.97 Å². The normalized spacial score (nSPS) is 36.3. The van der Waals surface area contributed by atoms with E-state index in [9.17, 15) is 30.3 Å². The molecular weight excluding hydrogens is 400 g/mol. The highest BCUT2D eigenvalue weighted by Gasteiger charge is 2.46. The second-order valence-electron chi connectivity index (χ2n) is 7.92. The summed E-state index contributed by atoms with van der Waals surface area (Å²) in [6.45, 7) is 0.0894. The van der Waals surface area contributed by atoms with Crippen molar-refractivity contribution in [2.45, 2.75) is 79.4 Å². The van der Waals surface area contributed by atoms with Crippen molar-refractivity contribution >= 4 is 23.7 Å². The third-order valence-electron chi connectivity index (χ3n) is 5.79. The highest BCUT2D eigenvalue weighted by molar-refractivity contribution is 8.00. The molecule has 0 aromatic carbocycles. The first-order valence-corrected chi connectivity index (χ1v) is 11.0. The topological polar surface area (TPSA) is 195 Å². The number of aliphatic hydroxyl groups excluding tert-OH is 4. The second-order valence-corrected chi connectivity index (χ2v) is 9.35. The van der Waals surface area contributed by atoms with E-state index >= 15 is 0 Å². The molecule has 11 heteroatoms. The molecule has 2 unspecified atom stereocenters. The van der Waals surface area contributed by atoms with Gasteiger partial charge in [-0.3, -0.25) is 9.79 Å². The summed E-state index contributed by atoms with van der Waals surface area (Å²) in [5.41, 5.74) is 10.6. The quantitative estimate of drug-likeness (QED) is 0.116. The number of aliphatic hydroxyl groups is 4. The molecule has 1 heterocycles. The molecule has 0 amide bonds. The van der Waals surface area contributed by atoms with E-state index in [1.807, 2.05) is 0 Å². The van der Waals surface area contributed by atoms with E-state index in [0.29, 0.717) is 25.8 Å². The van der Waals surface area contributed by atoms with E-state index < -0.39 is 35.6 Å². The molecule has 1 aliphatic carbocycles. The van der Waals surface area contributed by atoms with Crippen LogP contribution in [0.2, 0.25) is 0 Å². The summed E-state index contributed by atoms with van der Waals surface area (Å²) in [6, 6.07) is -0.739. The van der Waals surface area contributed by atoms with Crippen LogP contribution in [0.1, 0.15) is 38.5 Å². The SMILES string of the molecule is NC(N)=NCCC[C@H](NC1CCCC([C@@H]2S[C@H](CO)[C@H](O)[C@H](O)[C@H]2O)C1)C(=O)O. The zero-order valence-corrected chi connectivity index (χ0v) is 17.2. The number of carbonyl (C=O) groups is 1. The summed E-state index contributed by atoms with van der Waals surface area (Å²) in [6.07, 6.45) is 0.582. The summed E-state index contributed by atoms with van der Waals surface area (Å²) < 4.78 is 0. The number of nitrogens with one attached hydrogen (secondary N) is 1. The van der Waals surface area contributed by atoms with Crippen molar-refractivity contribution in [2.75, 3.05) is 13.2 Å². The zero-order valence-electron chi connectivity index (χ0n) is 16.4. The summed E-state index contributed by atoms with van der Waals surface area (Å²) in [4.78, 5) is 15.5. The van der Waals surface area contributed by atoms with Crippen molar-refractivity contribution in [3.05, 3.63) is 0 Å². The number of rotatable bonds is 9. The Labute approximate surface area is 174 Å². The molecule has 0 spiro atoms. The number of carboxylic acids is 1. The van der Waals surface area contributed by atoms with Crippen molar-refractivity contribution in [2.24, 2.45) is 22.4 Å². The van der Waals surface area contributed by atoms with E-state index in [1.54, 1.807) is 0 Å². The van der Waals surface area contributed by atoms with Gasteiger partial charge in [0.1, 0.15) is 12.1 Å². The van der Waals surface area contributed by atoms with Gasteiger partial charge in [-0.15, -0.1) is 11.8 Å². The van der Waals surface area contributed by atoms with E-state index in [2.05, 4.69) is 10.3 Å². The van der Waals surface area contributed by atoms with Gasteiger partial charge in [0.15, 0.2) is 5.96 Å². The molecule has 2 rings (SSSR count). The van der Waals surface area contributed by atoms with Crippen LogP contribution in [-0.4, -0.2) is 91.5 Å². The predicted octanol–water partition coefficient (Wildman–Crippen LogP) is -1.80. The molecule has 29 heavy (non-hydrogen) atoms. The molecule has 10 N–H and O–H groups in total. The third kappa shape index (κ3) is 6.69. The molecule has 0 bridgehead atoms. The van der Waals surface area contributed by atoms with Gasteiger partial charge in [-0.05, 0) is 38.0 Å². The van der Waals surface area contributed by atoms with Crippen LogP contribution in [0.25, 0.3) is 0 Å². The number of thioether (sulfide) groups is 1. The monoisotopic (exact) mass is 434 g/mol. The molecule has 168 valence electrons. The average Bonchev–Trinajstić information content (AvgIpc) is 2.68. The highest BCUT2D eigenvalue weighted by Crippen LogP contribution is 2.42. The number of guanidine groups is 1. The predicted molar refractivity (Wildman–Crippen MR) is 110 cm³/mol. The van der Waals surface area contributed by atoms with E-state index in [0.717, 1.165) is 19.3 Å². The smallest absolute Gasteiger partial charge is 0.320 e. The third-order valence-corrected chi connectivity index (χ3v) is 7.54. The maximum absolute atomic E-state index is 11.6. The van der Waals surface area contributed by atoms with Gasteiger partial charge < -0.3 is 42.3 Å². The molecule has 2 aliphatic rings. The molecule has 0 aromatic heterocycles. The molecule has 1 aliphatic heterocycles. The number of nitrogens with zero attached hydrogens (tertiary/aromatic N) is 1. The summed E-state index contributed by atoms with van der Waals surface area (Å²) in [5.74, 6) is -0.895. The number of aliphatic carboxylic acids is 1. The van der Waals surface area contributed by atoms with Crippen LogP contribution in [0.3, 0.4) is 0 Å². The molecule has 1 saturated carbocycles. The van der Waals surface area contributed by atoms with Crippen LogP contribution in [0.15, 0.2) is 4.99 Å². The highest BCUT2D eigenvalue weighted by atomic mass is 32.2. The summed E-state index contributed by atoms with van der Waals surface area (Å²) in [7, 11) is 0. The zero-order chi connectivity index (χ0) is 21.6. The first-order valence-electron chi connectivity index (χ1n) is 10.1. The first kappa shape index (κ1) is 24.2. The van der Waals surface area contributed by atoms with Crippen molar-refractivity contribution in [1.82, 2.24) is 5.32 Å². The van der Waals surface area contributed by atoms with Crippen molar-refractivity contribution in [3.8, 4) is 0 Å². The van der Waals surface area contributed by atoms with Crippen LogP contribution in [0, 0.1) is 5.92 Å². The Morgan fingerprint density at radius 3 is 2.52 bits per heavy atom. The lowest BCUT2D eigenvalue weighted by molar-refractivity contribution is -0.140. The van der Waals surface area contributed by atoms with Crippen LogP contribution in [0.4, 0.5) is 0 Å². The van der Waals surface area contributed by atoms with Gasteiger partial charge in [-0.2, -0.15) is 0 Å². The van der Waals surface area contributed by atoms with Crippen LogP contribution in [-0.2, 0) is 4.79 Å². The van der Waals surface area contributed by atoms with Gasteiger partial charge in [0, 0.05) is 17.8 Å². The van der Waals surface area contributed by atoms with Gasteiger partial charge in [-0.1, -0.05) is 6.42 Å². The molecule has 2 fully saturated rings. The van der Waals surface area contributed by atoms with Crippen LogP contribution < -0.4 is 16.8 Å². The van der Waals surface area contributed by atoms with Gasteiger partial charge in [0.25, 0.3) is 0 Å². The van der Waals surface area contributed by atoms with Crippen molar-refractivity contribution in [3.63, 3.8) is 0 Å². The van der Waals surface area contributed by atoms with E-state index in [-0.39, 0.29) is 29.8 Å². The standard InChI is InChI=1S/C18H34N4O6S/c19-18(20)21-6-2-5-11(17(27)28)22-10-4-1-3-9(7-10)16-15(26)14(25)13(24)12(8-23)29-16/h9-16,22-26H,1-8H2,(H,27,28)(H4,19,20,21)/t9?,10?,11-,12+,13-,14-,15+,16-/m0/s1. The molecule has 0 radical (unpaired) electrons. The number of nitrogens with two attached hydrogens (primary N) is 2. The minimum atomic E-state index is -1.30. The number of aliphatic imine (C=N–C) groups is 1. The lowest BCUT2D eigenvalue weighted by Crippen LogP contribution is -2.57. The van der Waals surface area contributed by atoms with Crippen LogP contribution >= 0.6 is 11.8 Å². The Bertz CT molecular complexity index is 562. The Morgan fingerprint density at radius 1 is 1.17 bits per heavy atom. The average molecular weight is 435 g/mol. The number of carboxylic acid groups (broad SMARTS) is 1. The molecule has 1 saturated heterocycles. The van der Waals surface area contributed by atoms with Crippen molar-refractivity contribution < 1.29 is 30.3 Å². The lowest BCUT2D eigenvalue weighted by atomic mass is 9.80. The lowest BCUT2D eigenvalue weighted by Gasteiger charge is -2.45. The summed E-state index contributed by atoms with van der Waals surface area (Å²) >= 11 is 1.31. The fraction of sp³-hybridized carbons (Fsp3) is 0.889. The minimum absolute atomic E-state index is 0.0167. The van der Waals surface area contributed by atoms with E-state index in [1.165, 1.54) is 11.8 Å². The fourth-order valence-corrected chi connectivity index (χ4v) is 5.87. The van der Waals surface area contributed by atoms with Gasteiger partial charge in [0.2, 0.25) is 0 Å². The Hall–Kier alpha value is -1.11. The minimum Gasteiger partial charge on any atom is -0.480 e. The van der Waals surface area contributed by atoms with Gasteiger partial charge in [-0.25, -0.2) is 0 Å². The maximum Gasteiger partial charge on any atom is 0.320 e. The van der Waals surface area contributed by atoms with Crippen LogP contribution in [0.5, 0.6) is 0 Å². The fourth-order valence-electron chi connectivity index (χ4n) is 4.26.